The van der Waals surface area contributed by atoms with E-state index < -0.39 is 16.1 Å². The van der Waals surface area contributed by atoms with Gasteiger partial charge in [-0.2, -0.15) is 4.72 Å². The van der Waals surface area contributed by atoms with Crippen molar-refractivity contribution >= 4 is 50.6 Å². The fourth-order valence-electron chi connectivity index (χ4n) is 3.73. The highest BCUT2D eigenvalue weighted by atomic mass is 35.5. The molecule has 0 saturated carbocycles. The van der Waals surface area contributed by atoms with E-state index in [1.165, 1.54) is 12.1 Å². The van der Waals surface area contributed by atoms with Crippen molar-refractivity contribution in [2.24, 2.45) is 0 Å². The van der Waals surface area contributed by atoms with Crippen LogP contribution in [-0.2, 0) is 21.4 Å². The maximum absolute atomic E-state index is 13.3. The normalized spacial score (nSPS) is 18.2. The third-order valence-electron chi connectivity index (χ3n) is 5.57. The number of nitrogens with one attached hydrogen (secondary N) is 1. The lowest BCUT2D eigenvalue weighted by Gasteiger charge is -2.36. The molecule has 1 saturated heterocycles. The highest BCUT2D eigenvalue weighted by Crippen LogP contribution is 2.31. The number of aryl methyl sites for hydroxylation is 1. The van der Waals surface area contributed by atoms with Gasteiger partial charge in [-0.15, -0.1) is 0 Å². The summed E-state index contributed by atoms with van der Waals surface area (Å²) in [5.74, 6) is 0.284. The van der Waals surface area contributed by atoms with Gasteiger partial charge in [0.1, 0.15) is 11.9 Å². The van der Waals surface area contributed by atoms with E-state index in [0.29, 0.717) is 18.9 Å². The molecule has 1 fully saturated rings. The molecule has 0 radical (unpaired) electrons. The molecule has 1 aliphatic heterocycles. The topological polar surface area (TPSA) is 123 Å². The number of rotatable bonds is 7. The van der Waals surface area contributed by atoms with E-state index in [9.17, 15) is 13.2 Å². The Morgan fingerprint density at radius 1 is 1.26 bits per heavy atom. The second kappa shape index (κ2) is 9.68. The molecular formula is C20H27Cl2N5O3S. The Morgan fingerprint density at radius 3 is 2.52 bits per heavy atom. The second-order valence-corrected chi connectivity index (χ2v) is 10.3. The number of hydrogen-bond acceptors (Lipinski definition) is 5. The summed E-state index contributed by atoms with van der Waals surface area (Å²) in [4.78, 5) is 14.9. The maximum Gasteiger partial charge on any atom is 0.241 e. The van der Waals surface area contributed by atoms with Crippen LogP contribution in [0.5, 0.6) is 0 Å². The zero-order valence-electron chi connectivity index (χ0n) is 17.2. The van der Waals surface area contributed by atoms with Crippen LogP contribution in [0.25, 0.3) is 0 Å². The first-order valence-corrected chi connectivity index (χ1v) is 12.3. The number of nitrogen functional groups attached to an aromatic ring is 2. The number of piperidine rings is 1. The molecule has 1 aromatic heterocycles. The van der Waals surface area contributed by atoms with Gasteiger partial charge in [-0.1, -0.05) is 23.2 Å². The van der Waals surface area contributed by atoms with Gasteiger partial charge in [0.05, 0.1) is 20.6 Å². The smallest absolute Gasteiger partial charge is 0.241 e. The van der Waals surface area contributed by atoms with Crippen LogP contribution in [0, 0.1) is 0 Å². The molecule has 1 amide bonds. The molecule has 5 N–H and O–H groups in total. The van der Waals surface area contributed by atoms with E-state index in [4.69, 9.17) is 34.7 Å². The van der Waals surface area contributed by atoms with Crippen LogP contribution in [0.15, 0.2) is 35.4 Å². The SMILES string of the molecule is CC1CCCCN1C(=O)C(CCn1cccc1N)NS(=O)(=O)c1cc(Cl)c(N)c(Cl)c1. The summed E-state index contributed by atoms with van der Waals surface area (Å²) >= 11 is 12.0. The Bertz CT molecular complexity index is 1030. The van der Waals surface area contributed by atoms with E-state index in [2.05, 4.69) is 4.72 Å². The molecule has 0 aliphatic carbocycles. The lowest BCUT2D eigenvalue weighted by atomic mass is 10.0. The van der Waals surface area contributed by atoms with Crippen molar-refractivity contribution in [3.8, 4) is 0 Å². The minimum Gasteiger partial charge on any atom is -0.396 e. The quantitative estimate of drug-likeness (QED) is 0.517. The molecule has 2 heterocycles. The number of nitrogens with two attached hydrogens (primary N) is 2. The molecule has 2 atom stereocenters. The molecule has 1 aromatic carbocycles. The Labute approximate surface area is 192 Å². The number of carbonyl (C=O) groups excluding carboxylic acids is 1. The van der Waals surface area contributed by atoms with E-state index in [1.54, 1.807) is 27.8 Å². The van der Waals surface area contributed by atoms with Crippen LogP contribution < -0.4 is 16.2 Å². The molecule has 31 heavy (non-hydrogen) atoms. The second-order valence-electron chi connectivity index (χ2n) is 7.77. The van der Waals surface area contributed by atoms with Crippen LogP contribution in [0.2, 0.25) is 10.0 Å². The van der Waals surface area contributed by atoms with Crippen molar-refractivity contribution in [3.05, 3.63) is 40.5 Å². The number of halogens is 2. The number of amides is 1. The zero-order valence-corrected chi connectivity index (χ0v) is 19.6. The minimum absolute atomic E-state index is 0.0283. The summed E-state index contributed by atoms with van der Waals surface area (Å²) in [6.45, 7) is 2.96. The zero-order chi connectivity index (χ0) is 22.8. The average molecular weight is 488 g/mol. The summed E-state index contributed by atoms with van der Waals surface area (Å²) in [5.41, 5.74) is 11.7. The number of sulfonamides is 1. The van der Waals surface area contributed by atoms with E-state index in [0.717, 1.165) is 19.3 Å². The van der Waals surface area contributed by atoms with Crippen LogP contribution in [-0.4, -0.2) is 42.4 Å². The van der Waals surface area contributed by atoms with Gasteiger partial charge in [-0.05, 0) is 56.9 Å². The Hall–Kier alpha value is -1.94. The predicted molar refractivity (Wildman–Crippen MR) is 123 cm³/mol. The van der Waals surface area contributed by atoms with Gasteiger partial charge in [0, 0.05) is 25.3 Å². The maximum atomic E-state index is 13.3. The van der Waals surface area contributed by atoms with Gasteiger partial charge in [0.25, 0.3) is 0 Å². The summed E-state index contributed by atoms with van der Waals surface area (Å²) in [7, 11) is -4.09. The first kappa shape index (κ1) is 23.7. The van der Waals surface area contributed by atoms with Gasteiger partial charge >= 0.3 is 0 Å². The van der Waals surface area contributed by atoms with Crippen molar-refractivity contribution in [3.63, 3.8) is 0 Å². The fourth-order valence-corrected chi connectivity index (χ4v) is 5.62. The van der Waals surface area contributed by atoms with E-state index in [1.807, 2.05) is 6.92 Å². The molecule has 3 rings (SSSR count). The number of aromatic nitrogens is 1. The fraction of sp³-hybridized carbons (Fsp3) is 0.450. The molecule has 11 heteroatoms. The number of benzene rings is 1. The average Bonchev–Trinajstić information content (AvgIpc) is 3.13. The van der Waals surface area contributed by atoms with Gasteiger partial charge in [0.2, 0.25) is 15.9 Å². The Balaban J connectivity index is 1.87. The van der Waals surface area contributed by atoms with Gasteiger partial charge < -0.3 is 20.9 Å². The highest BCUT2D eigenvalue weighted by molar-refractivity contribution is 7.89. The number of anilines is 2. The summed E-state index contributed by atoms with van der Waals surface area (Å²) in [6, 6.07) is 5.06. The molecule has 2 unspecified atom stereocenters. The largest absolute Gasteiger partial charge is 0.396 e. The van der Waals surface area contributed by atoms with E-state index in [-0.39, 0.29) is 39.0 Å². The van der Waals surface area contributed by atoms with Crippen molar-refractivity contribution in [2.75, 3.05) is 18.0 Å². The van der Waals surface area contributed by atoms with Crippen LogP contribution >= 0.6 is 23.2 Å². The van der Waals surface area contributed by atoms with Crippen LogP contribution in [0.1, 0.15) is 32.6 Å². The van der Waals surface area contributed by atoms with Crippen molar-refractivity contribution < 1.29 is 13.2 Å². The molecule has 1 aliphatic rings. The summed E-state index contributed by atoms with van der Waals surface area (Å²) in [6.07, 6.45) is 4.84. The van der Waals surface area contributed by atoms with Gasteiger partial charge in [0.15, 0.2) is 0 Å². The molecule has 8 nitrogen and oxygen atoms in total. The number of likely N-dealkylation sites (tertiary alicyclic amines) is 1. The Morgan fingerprint density at radius 2 is 1.94 bits per heavy atom. The number of nitrogens with zero attached hydrogens (tertiary/aromatic N) is 2. The Kier molecular flexibility index (Phi) is 7.41. The first-order chi connectivity index (χ1) is 14.6. The first-order valence-electron chi connectivity index (χ1n) is 10.1. The third-order valence-corrected chi connectivity index (χ3v) is 7.64. The van der Waals surface area contributed by atoms with Crippen LogP contribution in [0.4, 0.5) is 11.5 Å². The van der Waals surface area contributed by atoms with Crippen LogP contribution in [0.3, 0.4) is 0 Å². The van der Waals surface area contributed by atoms with Crippen molar-refractivity contribution in [1.82, 2.24) is 14.2 Å². The van der Waals surface area contributed by atoms with Crippen molar-refractivity contribution in [1.29, 1.82) is 0 Å². The number of hydrogen-bond donors (Lipinski definition) is 3. The molecule has 0 spiro atoms. The molecule has 2 aromatic rings. The highest BCUT2D eigenvalue weighted by Gasteiger charge is 2.33. The third kappa shape index (κ3) is 5.46. The predicted octanol–water partition coefficient (Wildman–Crippen LogP) is 3.10. The van der Waals surface area contributed by atoms with E-state index >= 15 is 0 Å². The molecule has 170 valence electrons. The monoisotopic (exact) mass is 487 g/mol. The van der Waals surface area contributed by atoms with Gasteiger partial charge in [-0.3, -0.25) is 4.79 Å². The minimum atomic E-state index is -4.09. The van der Waals surface area contributed by atoms with Gasteiger partial charge in [-0.25, -0.2) is 8.42 Å². The molecule has 0 bridgehead atoms. The molecular weight excluding hydrogens is 461 g/mol. The van der Waals surface area contributed by atoms with Crippen molar-refractivity contribution in [2.45, 2.75) is 56.1 Å². The standard InChI is InChI=1S/C20H27Cl2N5O3S/c1-13-5-2-3-9-27(13)20(28)17(7-10-26-8-4-6-18(26)23)25-31(29,30)14-11-15(21)19(24)16(22)12-14/h4,6,8,11-13,17,25H,2-3,5,7,9-10,23-24H2,1H3. The number of carbonyl (C=O) groups is 1. The lowest BCUT2D eigenvalue weighted by Crippen LogP contribution is -2.52. The summed E-state index contributed by atoms with van der Waals surface area (Å²) < 4.78 is 30.5. The summed E-state index contributed by atoms with van der Waals surface area (Å²) in [5, 5.41) is 0.0565. The lowest BCUT2D eigenvalue weighted by molar-refractivity contribution is -0.136.